The summed E-state index contributed by atoms with van der Waals surface area (Å²) in [6.07, 6.45) is 0.292. The molecule has 0 aliphatic carbocycles. The lowest BCUT2D eigenvalue weighted by Gasteiger charge is -2.24. The first-order valence-corrected chi connectivity index (χ1v) is 7.37. The largest absolute Gasteiger partial charge is 0.298 e. The van der Waals surface area contributed by atoms with E-state index in [9.17, 15) is 10.1 Å². The minimum absolute atomic E-state index is 0.165. The highest BCUT2D eigenvalue weighted by Gasteiger charge is 2.39. The van der Waals surface area contributed by atoms with Crippen LogP contribution >= 0.6 is 15.9 Å². The molecular formula is C16H16BrN3O. The molecule has 4 nitrogen and oxygen atoms in total. The van der Waals surface area contributed by atoms with Crippen LogP contribution in [-0.4, -0.2) is 15.6 Å². The SMILES string of the molecule is CC(=O)C(C#N)(Cc1c(Br)c(C)nn1C)c1ccccc1. The molecule has 5 heteroatoms. The molecule has 0 bridgehead atoms. The van der Waals surface area contributed by atoms with Crippen LogP contribution in [0, 0.1) is 18.3 Å². The summed E-state index contributed by atoms with van der Waals surface area (Å²) in [5.41, 5.74) is 1.21. The number of aromatic nitrogens is 2. The van der Waals surface area contributed by atoms with Crippen LogP contribution in [-0.2, 0) is 23.7 Å². The molecule has 1 aromatic heterocycles. The Labute approximate surface area is 132 Å². The van der Waals surface area contributed by atoms with E-state index < -0.39 is 5.41 Å². The van der Waals surface area contributed by atoms with Crippen molar-refractivity contribution >= 4 is 21.7 Å². The maximum atomic E-state index is 12.3. The molecule has 2 aromatic rings. The van der Waals surface area contributed by atoms with Gasteiger partial charge in [-0.15, -0.1) is 0 Å². The summed E-state index contributed by atoms with van der Waals surface area (Å²) in [7, 11) is 1.82. The molecule has 0 N–H and O–H groups in total. The number of carbonyl (C=O) groups is 1. The van der Waals surface area contributed by atoms with Gasteiger partial charge in [0.1, 0.15) is 5.41 Å². The van der Waals surface area contributed by atoms with Gasteiger partial charge < -0.3 is 0 Å². The average molecular weight is 346 g/mol. The first kappa shape index (κ1) is 15.5. The van der Waals surface area contributed by atoms with Crippen LogP contribution in [0.15, 0.2) is 34.8 Å². The van der Waals surface area contributed by atoms with E-state index in [0.29, 0.717) is 12.0 Å². The zero-order valence-electron chi connectivity index (χ0n) is 12.2. The predicted molar refractivity (Wildman–Crippen MR) is 83.8 cm³/mol. The van der Waals surface area contributed by atoms with Crippen LogP contribution in [0.5, 0.6) is 0 Å². The number of hydrogen-bond acceptors (Lipinski definition) is 3. The number of rotatable bonds is 4. The van der Waals surface area contributed by atoms with E-state index in [1.807, 2.05) is 44.3 Å². The molecule has 1 atom stereocenters. The maximum absolute atomic E-state index is 12.3. The Bertz CT molecular complexity index is 715. The van der Waals surface area contributed by atoms with Crippen LogP contribution in [0.2, 0.25) is 0 Å². The van der Waals surface area contributed by atoms with E-state index in [1.54, 1.807) is 4.68 Å². The minimum atomic E-state index is -1.19. The molecule has 1 aromatic carbocycles. The van der Waals surface area contributed by atoms with Gasteiger partial charge in [0.15, 0.2) is 5.78 Å². The number of nitrogens with zero attached hydrogens (tertiary/aromatic N) is 3. The Morgan fingerprint density at radius 3 is 2.48 bits per heavy atom. The van der Waals surface area contributed by atoms with E-state index in [4.69, 9.17) is 0 Å². The van der Waals surface area contributed by atoms with Gasteiger partial charge in [-0.25, -0.2) is 0 Å². The smallest absolute Gasteiger partial charge is 0.154 e. The van der Waals surface area contributed by atoms with Crippen LogP contribution in [0.1, 0.15) is 23.9 Å². The molecule has 0 saturated heterocycles. The van der Waals surface area contributed by atoms with Crippen molar-refractivity contribution in [1.29, 1.82) is 5.26 Å². The van der Waals surface area contributed by atoms with Gasteiger partial charge in [-0.3, -0.25) is 9.48 Å². The van der Waals surface area contributed by atoms with E-state index in [2.05, 4.69) is 27.1 Å². The summed E-state index contributed by atoms with van der Waals surface area (Å²) in [5, 5.41) is 14.1. The lowest BCUT2D eigenvalue weighted by Crippen LogP contribution is -2.35. The lowest BCUT2D eigenvalue weighted by atomic mass is 9.75. The second-order valence-corrected chi connectivity index (χ2v) is 5.88. The van der Waals surface area contributed by atoms with E-state index in [1.165, 1.54) is 6.92 Å². The summed E-state index contributed by atoms with van der Waals surface area (Å²) in [6.45, 7) is 3.35. The Balaban J connectivity index is 2.58. The van der Waals surface area contributed by atoms with Crippen LogP contribution < -0.4 is 0 Å². The highest BCUT2D eigenvalue weighted by atomic mass is 79.9. The number of nitriles is 1. The van der Waals surface area contributed by atoms with Gasteiger partial charge in [-0.05, 0) is 35.3 Å². The molecule has 2 rings (SSSR count). The maximum Gasteiger partial charge on any atom is 0.154 e. The summed E-state index contributed by atoms with van der Waals surface area (Å²) in [5.74, 6) is -0.165. The number of ketones is 1. The van der Waals surface area contributed by atoms with Gasteiger partial charge in [0, 0.05) is 13.5 Å². The van der Waals surface area contributed by atoms with Crippen LogP contribution in [0.4, 0.5) is 0 Å². The monoisotopic (exact) mass is 345 g/mol. The average Bonchev–Trinajstić information content (AvgIpc) is 2.71. The fourth-order valence-electron chi connectivity index (χ4n) is 2.46. The Hall–Kier alpha value is -1.93. The van der Waals surface area contributed by atoms with Crippen molar-refractivity contribution in [2.45, 2.75) is 25.7 Å². The molecule has 0 amide bonds. The zero-order chi connectivity index (χ0) is 15.6. The van der Waals surface area contributed by atoms with E-state index >= 15 is 0 Å². The number of hydrogen-bond donors (Lipinski definition) is 0. The Morgan fingerprint density at radius 2 is 2.05 bits per heavy atom. The highest BCUT2D eigenvalue weighted by molar-refractivity contribution is 9.10. The second kappa shape index (κ2) is 5.82. The second-order valence-electron chi connectivity index (χ2n) is 5.09. The lowest BCUT2D eigenvalue weighted by molar-refractivity contribution is -0.120. The van der Waals surface area contributed by atoms with Crippen molar-refractivity contribution in [2.75, 3.05) is 0 Å². The van der Waals surface area contributed by atoms with Gasteiger partial charge in [-0.1, -0.05) is 30.3 Å². The highest BCUT2D eigenvalue weighted by Crippen LogP contribution is 2.32. The molecule has 1 heterocycles. The third-order valence-electron chi connectivity index (χ3n) is 3.75. The van der Waals surface area contributed by atoms with E-state index in [0.717, 1.165) is 15.9 Å². The van der Waals surface area contributed by atoms with Gasteiger partial charge >= 0.3 is 0 Å². The molecule has 0 aliphatic heterocycles. The number of halogens is 1. The van der Waals surface area contributed by atoms with Gasteiger partial charge in [0.2, 0.25) is 0 Å². The summed E-state index contributed by atoms with van der Waals surface area (Å²) in [4.78, 5) is 12.3. The van der Waals surface area contributed by atoms with Crippen LogP contribution in [0.25, 0.3) is 0 Å². The Morgan fingerprint density at radius 1 is 1.43 bits per heavy atom. The molecule has 0 spiro atoms. The van der Waals surface area contributed by atoms with Crippen molar-refractivity contribution in [2.24, 2.45) is 7.05 Å². The first-order valence-electron chi connectivity index (χ1n) is 6.58. The molecule has 1 unspecified atom stereocenters. The number of carbonyl (C=O) groups excluding carboxylic acids is 1. The van der Waals surface area contributed by atoms with E-state index in [-0.39, 0.29) is 5.78 Å². The normalized spacial score (nSPS) is 13.5. The molecule has 0 saturated carbocycles. The minimum Gasteiger partial charge on any atom is -0.298 e. The molecule has 0 fully saturated rings. The topological polar surface area (TPSA) is 58.7 Å². The molecule has 0 aliphatic rings. The predicted octanol–water partition coefficient (Wildman–Crippen LogP) is 3.08. The molecule has 0 radical (unpaired) electrons. The van der Waals surface area contributed by atoms with Gasteiger partial charge in [0.25, 0.3) is 0 Å². The molecular weight excluding hydrogens is 330 g/mol. The van der Waals surface area contributed by atoms with Crippen molar-refractivity contribution in [1.82, 2.24) is 9.78 Å². The van der Waals surface area contributed by atoms with Crippen molar-refractivity contribution in [3.8, 4) is 6.07 Å². The third-order valence-corrected chi connectivity index (χ3v) is 4.78. The number of aryl methyl sites for hydroxylation is 2. The fourth-order valence-corrected chi connectivity index (χ4v) is 2.93. The quantitative estimate of drug-likeness (QED) is 0.855. The number of benzene rings is 1. The van der Waals surface area contributed by atoms with Gasteiger partial charge in [-0.2, -0.15) is 10.4 Å². The van der Waals surface area contributed by atoms with Crippen molar-refractivity contribution < 1.29 is 4.79 Å². The van der Waals surface area contributed by atoms with Gasteiger partial charge in [0.05, 0.1) is 21.9 Å². The summed E-state index contributed by atoms with van der Waals surface area (Å²) >= 11 is 3.50. The first-order chi connectivity index (χ1) is 9.92. The Kier molecular flexibility index (Phi) is 4.29. The standard InChI is InChI=1S/C16H16BrN3O/c1-11-15(17)14(20(3)19-11)9-16(10-18,12(2)21)13-7-5-4-6-8-13/h4-8H,9H2,1-3H3. The van der Waals surface area contributed by atoms with Crippen molar-refractivity contribution in [3.63, 3.8) is 0 Å². The summed E-state index contributed by atoms with van der Waals surface area (Å²) in [6, 6.07) is 11.4. The third kappa shape index (κ3) is 2.64. The molecule has 21 heavy (non-hydrogen) atoms. The van der Waals surface area contributed by atoms with Crippen LogP contribution in [0.3, 0.4) is 0 Å². The fraction of sp³-hybridized carbons (Fsp3) is 0.312. The number of Topliss-reactive ketones (excluding diaryl/α,β-unsaturated/α-hetero) is 1. The molecule has 108 valence electrons. The summed E-state index contributed by atoms with van der Waals surface area (Å²) < 4.78 is 2.57. The van der Waals surface area contributed by atoms with Crippen molar-refractivity contribution in [3.05, 3.63) is 51.8 Å². The zero-order valence-corrected chi connectivity index (χ0v) is 13.8.